The van der Waals surface area contributed by atoms with Gasteiger partial charge in [-0.25, -0.2) is 9.07 Å². The van der Waals surface area contributed by atoms with Gasteiger partial charge in [-0.3, -0.25) is 9.59 Å². The first-order chi connectivity index (χ1) is 16.4. The summed E-state index contributed by atoms with van der Waals surface area (Å²) in [6.45, 7) is 5.81. The topological polar surface area (TPSA) is 79.3 Å². The van der Waals surface area contributed by atoms with Crippen LogP contribution in [-0.4, -0.2) is 40.7 Å². The Morgan fingerprint density at radius 3 is 2.53 bits per heavy atom. The van der Waals surface area contributed by atoms with Gasteiger partial charge in [-0.1, -0.05) is 13.0 Å². The van der Waals surface area contributed by atoms with Gasteiger partial charge in [-0.2, -0.15) is 5.10 Å². The molecule has 2 N–H and O–H groups in total. The van der Waals surface area contributed by atoms with Crippen molar-refractivity contribution in [2.45, 2.75) is 45.6 Å². The van der Waals surface area contributed by atoms with Crippen molar-refractivity contribution in [1.29, 1.82) is 0 Å². The number of benzene rings is 2. The molecule has 0 aliphatic carbocycles. The Kier molecular flexibility index (Phi) is 7.25. The van der Waals surface area contributed by atoms with Crippen LogP contribution in [-0.2, 0) is 11.2 Å². The highest BCUT2D eigenvalue weighted by Crippen LogP contribution is 2.23. The fraction of sp³-hybridized carbons (Fsp3) is 0.346. The Balaban J connectivity index is 1.36. The molecule has 1 aromatic heterocycles. The molecule has 1 aliphatic rings. The van der Waals surface area contributed by atoms with Crippen LogP contribution in [0, 0.1) is 5.82 Å². The standard InChI is InChI=1S/C26H30FN5O2/c1-3-24-23(17-28-32(24)21-11-9-19(27)10-12-21)26(34)29-18(2)15-25(33)30-20-7-6-8-22(16-20)31-13-4-5-14-31/h6-12,16-18H,3-5,13-15H2,1-2H3,(H,29,34)(H,30,33). The fourth-order valence-corrected chi connectivity index (χ4v) is 4.31. The van der Waals surface area contributed by atoms with Crippen molar-refractivity contribution < 1.29 is 14.0 Å². The van der Waals surface area contributed by atoms with E-state index in [9.17, 15) is 14.0 Å². The third kappa shape index (κ3) is 5.44. The van der Waals surface area contributed by atoms with E-state index in [1.54, 1.807) is 23.7 Å². The first kappa shape index (κ1) is 23.5. The summed E-state index contributed by atoms with van der Waals surface area (Å²) in [5.41, 5.74) is 3.71. The van der Waals surface area contributed by atoms with E-state index >= 15 is 0 Å². The van der Waals surface area contributed by atoms with Gasteiger partial charge in [-0.05, 0) is 68.7 Å². The van der Waals surface area contributed by atoms with E-state index in [0.29, 0.717) is 17.7 Å². The lowest BCUT2D eigenvalue weighted by Gasteiger charge is -2.19. The van der Waals surface area contributed by atoms with Gasteiger partial charge in [-0.15, -0.1) is 0 Å². The van der Waals surface area contributed by atoms with Crippen LogP contribution < -0.4 is 15.5 Å². The van der Waals surface area contributed by atoms with E-state index in [1.807, 2.05) is 25.1 Å². The molecule has 0 radical (unpaired) electrons. The highest BCUT2D eigenvalue weighted by molar-refractivity contribution is 5.96. The molecule has 0 spiro atoms. The van der Waals surface area contributed by atoms with E-state index in [4.69, 9.17) is 0 Å². The first-order valence-corrected chi connectivity index (χ1v) is 11.7. The summed E-state index contributed by atoms with van der Waals surface area (Å²) in [6, 6.07) is 13.5. The van der Waals surface area contributed by atoms with Crippen LogP contribution >= 0.6 is 0 Å². The Labute approximate surface area is 199 Å². The maximum Gasteiger partial charge on any atom is 0.254 e. The number of hydrogen-bond acceptors (Lipinski definition) is 4. The van der Waals surface area contributed by atoms with Gasteiger partial charge in [0.15, 0.2) is 0 Å². The molecule has 1 fully saturated rings. The predicted molar refractivity (Wildman–Crippen MR) is 131 cm³/mol. The highest BCUT2D eigenvalue weighted by Gasteiger charge is 2.20. The molecular formula is C26H30FN5O2. The zero-order valence-electron chi connectivity index (χ0n) is 19.6. The molecule has 34 heavy (non-hydrogen) atoms. The molecule has 2 amide bonds. The molecule has 2 heterocycles. The number of halogens is 1. The summed E-state index contributed by atoms with van der Waals surface area (Å²) in [6.07, 6.45) is 4.61. The second-order valence-electron chi connectivity index (χ2n) is 8.62. The lowest BCUT2D eigenvalue weighted by molar-refractivity contribution is -0.116. The second kappa shape index (κ2) is 10.5. The molecule has 1 saturated heterocycles. The average molecular weight is 464 g/mol. The van der Waals surface area contributed by atoms with Gasteiger partial charge in [0.25, 0.3) is 5.91 Å². The van der Waals surface area contributed by atoms with Gasteiger partial charge in [0.2, 0.25) is 5.91 Å². The number of carbonyl (C=O) groups excluding carboxylic acids is 2. The zero-order chi connectivity index (χ0) is 24.1. The van der Waals surface area contributed by atoms with Crippen LogP contribution in [0.25, 0.3) is 5.69 Å². The summed E-state index contributed by atoms with van der Waals surface area (Å²) >= 11 is 0. The third-order valence-electron chi connectivity index (χ3n) is 5.99. The lowest BCUT2D eigenvalue weighted by Crippen LogP contribution is -2.35. The summed E-state index contributed by atoms with van der Waals surface area (Å²) in [4.78, 5) is 27.8. The molecular weight excluding hydrogens is 433 g/mol. The molecule has 2 aromatic carbocycles. The molecule has 1 unspecified atom stereocenters. The van der Waals surface area contributed by atoms with Crippen molar-refractivity contribution in [3.8, 4) is 5.69 Å². The van der Waals surface area contributed by atoms with Gasteiger partial charge in [0.1, 0.15) is 5.82 Å². The highest BCUT2D eigenvalue weighted by atomic mass is 19.1. The number of hydrogen-bond donors (Lipinski definition) is 2. The predicted octanol–water partition coefficient (Wildman–Crippen LogP) is 4.32. The van der Waals surface area contributed by atoms with Crippen LogP contribution in [0.4, 0.5) is 15.8 Å². The third-order valence-corrected chi connectivity index (χ3v) is 5.99. The Bertz CT molecular complexity index is 1150. The minimum absolute atomic E-state index is 0.146. The Morgan fingerprint density at radius 2 is 1.82 bits per heavy atom. The number of nitrogens with one attached hydrogen (secondary N) is 2. The first-order valence-electron chi connectivity index (χ1n) is 11.7. The molecule has 0 saturated carbocycles. The van der Waals surface area contributed by atoms with Crippen LogP contribution in [0.3, 0.4) is 0 Å². The monoisotopic (exact) mass is 463 g/mol. The molecule has 178 valence electrons. The Morgan fingerprint density at radius 1 is 1.09 bits per heavy atom. The van der Waals surface area contributed by atoms with Crippen molar-refractivity contribution in [1.82, 2.24) is 15.1 Å². The van der Waals surface area contributed by atoms with Gasteiger partial charge in [0, 0.05) is 36.9 Å². The number of amides is 2. The van der Waals surface area contributed by atoms with E-state index in [0.717, 1.165) is 30.2 Å². The number of anilines is 2. The van der Waals surface area contributed by atoms with E-state index in [-0.39, 0.29) is 30.1 Å². The molecule has 7 nitrogen and oxygen atoms in total. The van der Waals surface area contributed by atoms with Crippen molar-refractivity contribution in [3.63, 3.8) is 0 Å². The summed E-state index contributed by atoms with van der Waals surface area (Å²) in [5.74, 6) is -0.785. The summed E-state index contributed by atoms with van der Waals surface area (Å²) < 4.78 is 14.9. The molecule has 3 aromatic rings. The summed E-state index contributed by atoms with van der Waals surface area (Å²) in [7, 11) is 0. The number of rotatable bonds is 8. The van der Waals surface area contributed by atoms with Crippen molar-refractivity contribution >= 4 is 23.2 Å². The van der Waals surface area contributed by atoms with Crippen LogP contribution in [0.15, 0.2) is 54.7 Å². The largest absolute Gasteiger partial charge is 0.371 e. The molecule has 1 atom stereocenters. The zero-order valence-corrected chi connectivity index (χ0v) is 19.6. The lowest BCUT2D eigenvalue weighted by atomic mass is 10.1. The van der Waals surface area contributed by atoms with Gasteiger partial charge in [0.05, 0.1) is 23.1 Å². The quantitative estimate of drug-likeness (QED) is 0.522. The fourth-order valence-electron chi connectivity index (χ4n) is 4.31. The van der Waals surface area contributed by atoms with Crippen LogP contribution in [0.2, 0.25) is 0 Å². The smallest absolute Gasteiger partial charge is 0.254 e. The van der Waals surface area contributed by atoms with E-state index in [2.05, 4.69) is 26.7 Å². The summed E-state index contributed by atoms with van der Waals surface area (Å²) in [5, 5.41) is 10.2. The van der Waals surface area contributed by atoms with Crippen molar-refractivity contribution in [2.24, 2.45) is 0 Å². The minimum Gasteiger partial charge on any atom is -0.371 e. The normalized spacial score (nSPS) is 14.1. The molecule has 4 rings (SSSR count). The molecule has 1 aliphatic heterocycles. The van der Waals surface area contributed by atoms with Gasteiger partial charge >= 0.3 is 0 Å². The second-order valence-corrected chi connectivity index (χ2v) is 8.62. The van der Waals surface area contributed by atoms with Gasteiger partial charge < -0.3 is 15.5 Å². The molecule has 8 heteroatoms. The Hall–Kier alpha value is -3.68. The van der Waals surface area contributed by atoms with Crippen LogP contribution in [0.5, 0.6) is 0 Å². The average Bonchev–Trinajstić information content (AvgIpc) is 3.50. The number of carbonyl (C=O) groups is 2. The minimum atomic E-state index is -0.367. The number of nitrogens with zero attached hydrogens (tertiary/aromatic N) is 3. The van der Waals surface area contributed by atoms with Crippen molar-refractivity contribution in [3.05, 3.63) is 71.8 Å². The SMILES string of the molecule is CCc1c(C(=O)NC(C)CC(=O)Nc2cccc(N3CCCC3)c2)cnn1-c1ccc(F)cc1. The van der Waals surface area contributed by atoms with Crippen LogP contribution in [0.1, 0.15) is 49.2 Å². The van der Waals surface area contributed by atoms with Crippen molar-refractivity contribution in [2.75, 3.05) is 23.3 Å². The maximum absolute atomic E-state index is 13.3. The van der Waals surface area contributed by atoms with E-state index in [1.165, 1.54) is 31.2 Å². The van der Waals surface area contributed by atoms with E-state index < -0.39 is 0 Å². The number of aromatic nitrogens is 2. The maximum atomic E-state index is 13.3. The molecule has 0 bridgehead atoms.